The first-order valence-corrected chi connectivity index (χ1v) is 7.76. The smallest absolute Gasteiger partial charge is 0.231 e. The van der Waals surface area contributed by atoms with Crippen LogP contribution in [-0.4, -0.2) is 15.0 Å². The van der Waals surface area contributed by atoms with E-state index in [9.17, 15) is 0 Å². The van der Waals surface area contributed by atoms with Crippen LogP contribution in [0, 0.1) is 13.8 Å². The van der Waals surface area contributed by atoms with Crippen molar-refractivity contribution < 1.29 is 4.74 Å². The first kappa shape index (κ1) is 13.2. The third-order valence-electron chi connectivity index (χ3n) is 3.76. The monoisotopic (exact) mass is 307 g/mol. The van der Waals surface area contributed by atoms with E-state index < -0.39 is 0 Å². The van der Waals surface area contributed by atoms with E-state index in [1.807, 2.05) is 30.5 Å². The fraction of sp³-hybridized carbons (Fsp3) is 0.118. The number of aryl methyl sites for hydroxylation is 2. The normalized spacial score (nSPS) is 11.2. The van der Waals surface area contributed by atoms with Gasteiger partial charge in [-0.3, -0.25) is 4.98 Å². The number of nitrogens with zero attached hydrogens (tertiary/aromatic N) is 3. The lowest BCUT2D eigenvalue weighted by Gasteiger charge is -2.07. The van der Waals surface area contributed by atoms with Crippen molar-refractivity contribution in [1.82, 2.24) is 15.0 Å². The maximum atomic E-state index is 6.02. The maximum Gasteiger partial charge on any atom is 0.231 e. The van der Waals surface area contributed by atoms with Crippen LogP contribution in [-0.2, 0) is 0 Å². The molecule has 1 aromatic carbocycles. The van der Waals surface area contributed by atoms with Crippen LogP contribution < -0.4 is 4.74 Å². The molecular formula is C17H13N3OS. The highest BCUT2D eigenvalue weighted by molar-refractivity contribution is 7.18. The molecule has 0 aliphatic carbocycles. The second-order valence-corrected chi connectivity index (χ2v) is 6.33. The summed E-state index contributed by atoms with van der Waals surface area (Å²) in [4.78, 5) is 15.0. The van der Waals surface area contributed by atoms with Gasteiger partial charge in [0.2, 0.25) is 5.88 Å². The average molecular weight is 307 g/mol. The summed E-state index contributed by atoms with van der Waals surface area (Å²) in [6.45, 7) is 4.17. The second kappa shape index (κ2) is 5.03. The summed E-state index contributed by atoms with van der Waals surface area (Å²) >= 11 is 1.66. The van der Waals surface area contributed by atoms with Crippen LogP contribution >= 0.6 is 11.3 Å². The Kier molecular flexibility index (Phi) is 3.01. The Morgan fingerprint density at radius 1 is 1.05 bits per heavy atom. The lowest BCUT2D eigenvalue weighted by Crippen LogP contribution is -1.91. The topological polar surface area (TPSA) is 47.9 Å². The molecule has 0 bridgehead atoms. The molecule has 0 fully saturated rings. The third-order valence-corrected chi connectivity index (χ3v) is 4.87. The first-order chi connectivity index (χ1) is 10.7. The second-order valence-electron chi connectivity index (χ2n) is 5.13. The highest BCUT2D eigenvalue weighted by Gasteiger charge is 2.13. The molecule has 0 aliphatic rings. The van der Waals surface area contributed by atoms with Crippen molar-refractivity contribution in [1.29, 1.82) is 0 Å². The molecule has 0 saturated heterocycles. The quantitative estimate of drug-likeness (QED) is 0.541. The minimum Gasteiger partial charge on any atom is -0.438 e. The van der Waals surface area contributed by atoms with Crippen molar-refractivity contribution in [3.05, 3.63) is 53.4 Å². The van der Waals surface area contributed by atoms with Crippen LogP contribution in [0.3, 0.4) is 0 Å². The van der Waals surface area contributed by atoms with Gasteiger partial charge >= 0.3 is 0 Å². The number of ether oxygens (including phenoxy) is 1. The molecular weight excluding hydrogens is 294 g/mol. The molecule has 0 unspecified atom stereocenters. The molecule has 0 amide bonds. The molecule has 4 nitrogen and oxygen atoms in total. The van der Waals surface area contributed by atoms with Crippen molar-refractivity contribution in [2.75, 3.05) is 0 Å². The van der Waals surface area contributed by atoms with Crippen molar-refractivity contribution >= 4 is 32.3 Å². The summed E-state index contributed by atoms with van der Waals surface area (Å²) in [5, 5.41) is 3.18. The summed E-state index contributed by atoms with van der Waals surface area (Å²) in [6.07, 6.45) is 5.17. The van der Waals surface area contributed by atoms with E-state index >= 15 is 0 Å². The summed E-state index contributed by atoms with van der Waals surface area (Å²) < 4.78 is 6.02. The van der Waals surface area contributed by atoms with Gasteiger partial charge in [0.05, 0.1) is 5.39 Å². The van der Waals surface area contributed by atoms with Crippen LogP contribution in [0.1, 0.15) is 10.4 Å². The van der Waals surface area contributed by atoms with Crippen molar-refractivity contribution in [2.24, 2.45) is 0 Å². The zero-order valence-electron chi connectivity index (χ0n) is 12.2. The Balaban J connectivity index is 1.82. The average Bonchev–Trinajstić information content (AvgIpc) is 2.83. The molecule has 4 rings (SSSR count). The number of thiophene rings is 1. The number of pyridine rings is 1. The largest absolute Gasteiger partial charge is 0.438 e. The summed E-state index contributed by atoms with van der Waals surface area (Å²) in [7, 11) is 0. The standard InChI is InChI=1S/C17H13N3OS/c1-10-11(2)22-17-15(10)16(19-9-20-17)21-14-4-3-12-5-6-18-8-13(12)7-14/h3-9H,1-2H3. The van der Waals surface area contributed by atoms with Gasteiger partial charge in [0.1, 0.15) is 16.9 Å². The van der Waals surface area contributed by atoms with Gasteiger partial charge in [-0.05, 0) is 43.0 Å². The molecule has 3 heterocycles. The summed E-state index contributed by atoms with van der Waals surface area (Å²) in [5.74, 6) is 1.36. The Hall–Kier alpha value is -2.53. The fourth-order valence-corrected chi connectivity index (χ4v) is 3.45. The fourth-order valence-electron chi connectivity index (χ4n) is 2.47. The van der Waals surface area contributed by atoms with Gasteiger partial charge in [-0.2, -0.15) is 0 Å². The molecule has 0 N–H and O–H groups in total. The molecule has 0 radical (unpaired) electrons. The molecule has 0 spiro atoms. The Labute approximate surface area is 131 Å². The third kappa shape index (κ3) is 2.10. The lowest BCUT2D eigenvalue weighted by molar-refractivity contribution is 0.469. The van der Waals surface area contributed by atoms with Gasteiger partial charge in [0.15, 0.2) is 0 Å². The molecule has 0 aliphatic heterocycles. The molecule has 108 valence electrons. The van der Waals surface area contributed by atoms with Gasteiger partial charge in [-0.1, -0.05) is 6.07 Å². The minimum atomic E-state index is 0.607. The van der Waals surface area contributed by atoms with Crippen LogP contribution in [0.5, 0.6) is 11.6 Å². The predicted octanol–water partition coefficient (Wildman–Crippen LogP) is 4.65. The maximum absolute atomic E-state index is 6.02. The van der Waals surface area contributed by atoms with E-state index in [1.165, 1.54) is 10.4 Å². The number of rotatable bonds is 2. The molecule has 4 aromatic rings. The molecule has 0 saturated carbocycles. The van der Waals surface area contributed by atoms with Crippen LogP contribution in [0.4, 0.5) is 0 Å². The van der Waals surface area contributed by atoms with Crippen molar-refractivity contribution in [2.45, 2.75) is 13.8 Å². The minimum absolute atomic E-state index is 0.607. The number of hydrogen-bond acceptors (Lipinski definition) is 5. The van der Waals surface area contributed by atoms with Crippen molar-refractivity contribution in [3.63, 3.8) is 0 Å². The first-order valence-electron chi connectivity index (χ1n) is 6.95. The summed E-state index contributed by atoms with van der Waals surface area (Å²) in [6, 6.07) is 7.93. The lowest BCUT2D eigenvalue weighted by atomic mass is 10.2. The van der Waals surface area contributed by atoms with Crippen LogP contribution in [0.2, 0.25) is 0 Å². The number of hydrogen-bond donors (Lipinski definition) is 0. The molecule has 5 heteroatoms. The van der Waals surface area contributed by atoms with Gasteiger partial charge in [0, 0.05) is 22.7 Å². The van der Waals surface area contributed by atoms with Crippen molar-refractivity contribution in [3.8, 4) is 11.6 Å². The predicted molar refractivity (Wildman–Crippen MR) is 88.7 cm³/mol. The van der Waals surface area contributed by atoms with E-state index in [2.05, 4.69) is 28.8 Å². The van der Waals surface area contributed by atoms with E-state index in [-0.39, 0.29) is 0 Å². The van der Waals surface area contributed by atoms with E-state index in [0.29, 0.717) is 5.88 Å². The Bertz CT molecular complexity index is 994. The molecule has 3 aromatic heterocycles. The van der Waals surface area contributed by atoms with Crippen LogP contribution in [0.15, 0.2) is 43.0 Å². The van der Waals surface area contributed by atoms with Crippen LogP contribution in [0.25, 0.3) is 21.0 Å². The number of benzene rings is 1. The zero-order chi connectivity index (χ0) is 15.1. The number of aromatic nitrogens is 3. The molecule has 0 atom stereocenters. The summed E-state index contributed by atoms with van der Waals surface area (Å²) in [5.41, 5.74) is 1.18. The van der Waals surface area contributed by atoms with E-state index in [1.54, 1.807) is 23.9 Å². The van der Waals surface area contributed by atoms with Gasteiger partial charge in [-0.25, -0.2) is 9.97 Å². The van der Waals surface area contributed by atoms with Gasteiger partial charge in [-0.15, -0.1) is 11.3 Å². The zero-order valence-corrected chi connectivity index (χ0v) is 13.0. The SMILES string of the molecule is Cc1sc2ncnc(Oc3ccc4ccncc4c3)c2c1C. The van der Waals surface area contributed by atoms with Gasteiger partial charge < -0.3 is 4.74 Å². The molecule has 22 heavy (non-hydrogen) atoms. The highest BCUT2D eigenvalue weighted by atomic mass is 32.1. The van der Waals surface area contributed by atoms with Gasteiger partial charge in [0.25, 0.3) is 0 Å². The Morgan fingerprint density at radius 3 is 2.86 bits per heavy atom. The number of fused-ring (bicyclic) bond motifs is 2. The van der Waals surface area contributed by atoms with E-state index in [4.69, 9.17) is 4.74 Å². The highest BCUT2D eigenvalue weighted by Crippen LogP contribution is 2.36. The van der Waals surface area contributed by atoms with E-state index in [0.717, 1.165) is 26.7 Å². The Morgan fingerprint density at radius 2 is 1.95 bits per heavy atom.